The van der Waals surface area contributed by atoms with E-state index in [9.17, 15) is 31.5 Å². The van der Waals surface area contributed by atoms with Gasteiger partial charge in [0.05, 0.1) is 0 Å². The molecule has 30 heavy (non-hydrogen) atoms. The fourth-order valence-corrected chi connectivity index (χ4v) is 2.52. The molecule has 0 aliphatic rings. The van der Waals surface area contributed by atoms with Crippen LogP contribution in [0.4, 0.5) is 27.6 Å². The standard InChI is InChI=1S/C20H12F5N3O2/c1-28-9-8-26-19(28)12(29)7-4-10-2-5-11(6-3-10)27-20(30)13-14(21)16(23)18(25)17(24)15(13)22/h2-9H,1H3,(H,27,30)/b7-4+. The van der Waals surface area contributed by atoms with Crippen LogP contribution in [0.3, 0.4) is 0 Å². The zero-order valence-electron chi connectivity index (χ0n) is 15.2. The van der Waals surface area contributed by atoms with E-state index in [-0.39, 0.29) is 17.3 Å². The third kappa shape index (κ3) is 3.97. The molecule has 3 aromatic rings. The molecule has 0 radical (unpaired) electrons. The molecule has 1 heterocycles. The minimum Gasteiger partial charge on any atom is -0.331 e. The monoisotopic (exact) mass is 421 g/mol. The number of benzene rings is 2. The van der Waals surface area contributed by atoms with E-state index in [2.05, 4.69) is 10.3 Å². The first-order valence-corrected chi connectivity index (χ1v) is 8.33. The SMILES string of the molecule is Cn1ccnc1C(=O)/C=C/c1ccc(NC(=O)c2c(F)c(F)c(F)c(F)c2F)cc1. The maximum absolute atomic E-state index is 13.7. The first-order chi connectivity index (χ1) is 14.2. The average molecular weight is 421 g/mol. The molecular weight excluding hydrogens is 409 g/mol. The summed E-state index contributed by atoms with van der Waals surface area (Å²) < 4.78 is 68.5. The van der Waals surface area contributed by atoms with Gasteiger partial charge in [0.25, 0.3) is 5.91 Å². The van der Waals surface area contributed by atoms with Gasteiger partial charge in [-0.05, 0) is 23.8 Å². The van der Waals surface area contributed by atoms with Crippen molar-refractivity contribution in [2.75, 3.05) is 5.32 Å². The third-order valence-electron chi connectivity index (χ3n) is 4.07. The number of rotatable bonds is 5. The Morgan fingerprint density at radius 2 is 1.50 bits per heavy atom. The maximum Gasteiger partial charge on any atom is 0.261 e. The molecule has 0 bridgehead atoms. The molecule has 3 rings (SSSR count). The Morgan fingerprint density at radius 3 is 2.03 bits per heavy atom. The van der Waals surface area contributed by atoms with Crippen LogP contribution in [0.5, 0.6) is 0 Å². The Bertz CT molecular complexity index is 1140. The molecule has 2 aromatic carbocycles. The molecule has 0 atom stereocenters. The van der Waals surface area contributed by atoms with Crippen LogP contribution in [0.15, 0.2) is 42.7 Å². The number of aromatic nitrogens is 2. The summed E-state index contributed by atoms with van der Waals surface area (Å²) in [6.45, 7) is 0. The number of hydrogen-bond donors (Lipinski definition) is 1. The van der Waals surface area contributed by atoms with Crippen molar-refractivity contribution in [1.82, 2.24) is 9.55 Å². The Hall–Kier alpha value is -3.82. The largest absolute Gasteiger partial charge is 0.331 e. The summed E-state index contributed by atoms with van der Waals surface area (Å²) in [7, 11) is 1.66. The lowest BCUT2D eigenvalue weighted by atomic mass is 10.1. The van der Waals surface area contributed by atoms with Gasteiger partial charge < -0.3 is 9.88 Å². The highest BCUT2D eigenvalue weighted by atomic mass is 19.2. The molecule has 0 unspecified atom stereocenters. The molecule has 0 spiro atoms. The van der Waals surface area contributed by atoms with Crippen LogP contribution in [0.1, 0.15) is 26.5 Å². The molecule has 0 saturated heterocycles. The molecule has 1 aromatic heterocycles. The van der Waals surface area contributed by atoms with Crippen molar-refractivity contribution in [1.29, 1.82) is 0 Å². The summed E-state index contributed by atoms with van der Waals surface area (Å²) in [5, 5.41) is 2.06. The van der Waals surface area contributed by atoms with E-state index < -0.39 is 40.6 Å². The highest BCUT2D eigenvalue weighted by molar-refractivity contribution is 6.05. The van der Waals surface area contributed by atoms with Gasteiger partial charge in [-0.15, -0.1) is 0 Å². The van der Waals surface area contributed by atoms with Crippen molar-refractivity contribution in [3.63, 3.8) is 0 Å². The fourth-order valence-electron chi connectivity index (χ4n) is 2.52. The van der Waals surface area contributed by atoms with Gasteiger partial charge in [-0.25, -0.2) is 26.9 Å². The molecule has 1 amide bonds. The van der Waals surface area contributed by atoms with Gasteiger partial charge in [-0.1, -0.05) is 18.2 Å². The number of carbonyl (C=O) groups is 2. The molecule has 10 heteroatoms. The normalized spacial score (nSPS) is 11.1. The number of nitrogens with zero attached hydrogens (tertiary/aromatic N) is 2. The molecule has 5 nitrogen and oxygen atoms in total. The molecule has 0 aliphatic heterocycles. The summed E-state index contributed by atoms with van der Waals surface area (Å²) in [6.07, 6.45) is 5.85. The van der Waals surface area contributed by atoms with Gasteiger partial charge in [0.2, 0.25) is 11.6 Å². The minimum atomic E-state index is -2.35. The minimum absolute atomic E-state index is 0.0384. The second kappa shape index (κ2) is 8.27. The van der Waals surface area contributed by atoms with Gasteiger partial charge >= 0.3 is 0 Å². The van der Waals surface area contributed by atoms with Gasteiger partial charge in [-0.3, -0.25) is 9.59 Å². The van der Waals surface area contributed by atoms with Crippen LogP contribution in [-0.2, 0) is 7.05 Å². The highest BCUT2D eigenvalue weighted by Gasteiger charge is 2.29. The third-order valence-corrected chi connectivity index (χ3v) is 4.07. The number of aryl methyl sites for hydroxylation is 1. The van der Waals surface area contributed by atoms with Gasteiger partial charge in [-0.2, -0.15) is 0 Å². The van der Waals surface area contributed by atoms with Crippen LogP contribution in [0.2, 0.25) is 0 Å². The van der Waals surface area contributed by atoms with Crippen LogP contribution in [0.25, 0.3) is 6.08 Å². The quantitative estimate of drug-likeness (QED) is 0.220. The predicted molar refractivity (Wildman–Crippen MR) is 97.2 cm³/mol. The van der Waals surface area contributed by atoms with Gasteiger partial charge in [0, 0.05) is 25.1 Å². The van der Waals surface area contributed by atoms with E-state index in [1.54, 1.807) is 17.8 Å². The number of allylic oxidation sites excluding steroid dienone is 1. The van der Waals surface area contributed by atoms with Crippen LogP contribution in [0, 0.1) is 29.1 Å². The second-order valence-electron chi connectivity index (χ2n) is 6.08. The van der Waals surface area contributed by atoms with Crippen LogP contribution >= 0.6 is 0 Å². The maximum atomic E-state index is 13.7. The number of carbonyl (C=O) groups excluding carboxylic acids is 2. The van der Waals surface area contributed by atoms with E-state index in [4.69, 9.17) is 0 Å². The van der Waals surface area contributed by atoms with Crippen molar-refractivity contribution in [2.45, 2.75) is 0 Å². The number of amides is 1. The van der Waals surface area contributed by atoms with Crippen molar-refractivity contribution < 1.29 is 31.5 Å². The number of imidazole rings is 1. The molecule has 154 valence electrons. The van der Waals surface area contributed by atoms with Crippen molar-refractivity contribution in [3.05, 3.63) is 88.8 Å². The molecule has 0 saturated carbocycles. The summed E-state index contributed by atoms with van der Waals surface area (Å²) in [4.78, 5) is 28.0. The zero-order chi connectivity index (χ0) is 22.0. The lowest BCUT2D eigenvalue weighted by Crippen LogP contribution is -2.19. The van der Waals surface area contributed by atoms with E-state index in [1.807, 2.05) is 0 Å². The Labute approximate surface area is 166 Å². The number of ketones is 1. The van der Waals surface area contributed by atoms with E-state index >= 15 is 0 Å². The predicted octanol–water partition coefficient (Wildman–Crippen LogP) is 4.26. The number of hydrogen-bond acceptors (Lipinski definition) is 3. The molecule has 0 aliphatic carbocycles. The lowest BCUT2D eigenvalue weighted by molar-refractivity contribution is 0.101. The molecule has 1 N–H and O–H groups in total. The number of nitrogens with one attached hydrogen (secondary N) is 1. The van der Waals surface area contributed by atoms with Crippen LogP contribution < -0.4 is 5.32 Å². The number of anilines is 1. The average Bonchev–Trinajstić information content (AvgIpc) is 3.16. The van der Waals surface area contributed by atoms with Crippen molar-refractivity contribution in [2.24, 2.45) is 7.05 Å². The first-order valence-electron chi connectivity index (χ1n) is 8.33. The Balaban J connectivity index is 1.75. The van der Waals surface area contributed by atoms with Crippen molar-refractivity contribution >= 4 is 23.5 Å². The fraction of sp³-hybridized carbons (Fsp3) is 0.0500. The smallest absolute Gasteiger partial charge is 0.261 e. The summed E-state index contributed by atoms with van der Waals surface area (Å²) in [6, 6.07) is 5.59. The Kier molecular flexibility index (Phi) is 5.77. The molecule has 0 fully saturated rings. The summed E-state index contributed by atoms with van der Waals surface area (Å²) >= 11 is 0. The highest BCUT2D eigenvalue weighted by Crippen LogP contribution is 2.24. The van der Waals surface area contributed by atoms with E-state index in [0.29, 0.717) is 5.56 Å². The van der Waals surface area contributed by atoms with E-state index in [1.165, 1.54) is 42.6 Å². The first kappa shape index (κ1) is 20.9. The number of halogens is 5. The van der Waals surface area contributed by atoms with Crippen molar-refractivity contribution in [3.8, 4) is 0 Å². The van der Waals surface area contributed by atoms with Gasteiger partial charge in [0.1, 0.15) is 5.56 Å². The van der Waals surface area contributed by atoms with E-state index in [0.717, 1.165) is 0 Å². The lowest BCUT2D eigenvalue weighted by Gasteiger charge is -2.09. The van der Waals surface area contributed by atoms with Crippen LogP contribution in [-0.4, -0.2) is 21.2 Å². The zero-order valence-corrected chi connectivity index (χ0v) is 15.2. The summed E-state index contributed by atoms with van der Waals surface area (Å²) in [5.74, 6) is -12.8. The Morgan fingerprint density at radius 1 is 0.933 bits per heavy atom. The second-order valence-corrected chi connectivity index (χ2v) is 6.08. The molecular formula is C20H12F5N3O2. The van der Waals surface area contributed by atoms with Gasteiger partial charge in [0.15, 0.2) is 29.1 Å². The topological polar surface area (TPSA) is 64.0 Å². The summed E-state index contributed by atoms with van der Waals surface area (Å²) in [5.41, 5.74) is -1.00.